The van der Waals surface area contributed by atoms with E-state index in [9.17, 15) is 4.79 Å². The number of Topliss-reactive ketones (excluding diaryl/α,β-unsaturated/α-hetero) is 1. The van der Waals surface area contributed by atoms with Crippen molar-refractivity contribution in [1.29, 1.82) is 0 Å². The molecular weight excluding hydrogens is 210 g/mol. The molecule has 0 aliphatic carbocycles. The van der Waals surface area contributed by atoms with Gasteiger partial charge in [-0.3, -0.25) is 4.79 Å². The summed E-state index contributed by atoms with van der Waals surface area (Å²) in [4.78, 5) is 15.7. The summed E-state index contributed by atoms with van der Waals surface area (Å²) in [5.74, 6) is 0.637. The average Bonchev–Trinajstić information content (AvgIpc) is 2.25. The Kier molecular flexibility index (Phi) is 4.76. The van der Waals surface area contributed by atoms with Gasteiger partial charge >= 0.3 is 0 Å². The zero-order valence-corrected chi connectivity index (χ0v) is 9.92. The molecule has 1 rings (SSSR count). The zero-order chi connectivity index (χ0) is 11.3. The number of nitrogens with zero attached hydrogens (tertiary/aromatic N) is 1. The summed E-state index contributed by atoms with van der Waals surface area (Å²) in [7, 11) is 0. The predicted molar refractivity (Wildman–Crippen MR) is 62.3 cm³/mol. The monoisotopic (exact) mass is 225 g/mol. The van der Waals surface area contributed by atoms with E-state index in [0.29, 0.717) is 23.1 Å². The van der Waals surface area contributed by atoms with E-state index in [1.165, 1.54) is 0 Å². The molecule has 0 radical (unpaired) electrons. The molecule has 1 aromatic heterocycles. The number of hydrogen-bond donors (Lipinski definition) is 0. The van der Waals surface area contributed by atoms with Crippen molar-refractivity contribution < 1.29 is 4.79 Å². The van der Waals surface area contributed by atoms with Crippen molar-refractivity contribution in [1.82, 2.24) is 4.98 Å². The summed E-state index contributed by atoms with van der Waals surface area (Å²) < 4.78 is 0. The topological polar surface area (TPSA) is 30.0 Å². The molecule has 0 aliphatic rings. The molecule has 1 aromatic rings. The standard InChI is InChI=1S/C12H16ClNO/c1-3-9(4-2)7-11(15)10-5-6-14-12(13)8-10/h5-6,8-9H,3-4,7H2,1-2H3. The minimum absolute atomic E-state index is 0.160. The zero-order valence-electron chi connectivity index (χ0n) is 9.16. The van der Waals surface area contributed by atoms with E-state index in [-0.39, 0.29) is 5.78 Å². The number of ketones is 1. The Morgan fingerprint density at radius 1 is 1.47 bits per heavy atom. The number of carbonyl (C=O) groups excluding carboxylic acids is 1. The summed E-state index contributed by atoms with van der Waals surface area (Å²) in [6, 6.07) is 3.35. The fourth-order valence-electron chi connectivity index (χ4n) is 1.53. The minimum atomic E-state index is 0.160. The first kappa shape index (κ1) is 12.2. The maximum atomic E-state index is 11.8. The lowest BCUT2D eigenvalue weighted by atomic mass is 9.94. The first-order valence-corrected chi connectivity index (χ1v) is 5.69. The van der Waals surface area contributed by atoms with Gasteiger partial charge in [0.05, 0.1) is 0 Å². The van der Waals surface area contributed by atoms with Crippen LogP contribution in [0.5, 0.6) is 0 Å². The highest BCUT2D eigenvalue weighted by atomic mass is 35.5. The Morgan fingerprint density at radius 2 is 2.13 bits per heavy atom. The summed E-state index contributed by atoms with van der Waals surface area (Å²) >= 11 is 5.73. The van der Waals surface area contributed by atoms with Gasteiger partial charge in [0.25, 0.3) is 0 Å². The van der Waals surface area contributed by atoms with Crippen LogP contribution in [0.2, 0.25) is 5.15 Å². The molecule has 0 N–H and O–H groups in total. The van der Waals surface area contributed by atoms with Gasteiger partial charge in [-0.2, -0.15) is 0 Å². The molecular formula is C12H16ClNO. The third-order valence-corrected chi connectivity index (χ3v) is 2.88. The second-order valence-electron chi connectivity index (χ2n) is 3.68. The Bertz CT molecular complexity index is 334. The molecule has 0 saturated carbocycles. The Morgan fingerprint density at radius 3 is 2.67 bits per heavy atom. The normalized spacial score (nSPS) is 10.7. The van der Waals surface area contributed by atoms with Crippen LogP contribution in [0.4, 0.5) is 0 Å². The van der Waals surface area contributed by atoms with Gasteiger partial charge in [0.1, 0.15) is 5.15 Å². The van der Waals surface area contributed by atoms with Gasteiger partial charge in [-0.15, -0.1) is 0 Å². The van der Waals surface area contributed by atoms with Crippen LogP contribution < -0.4 is 0 Å². The largest absolute Gasteiger partial charge is 0.294 e. The summed E-state index contributed by atoms with van der Waals surface area (Å²) in [5.41, 5.74) is 0.668. The van der Waals surface area contributed by atoms with Crippen LogP contribution >= 0.6 is 11.6 Å². The van der Waals surface area contributed by atoms with E-state index in [1.807, 2.05) is 0 Å². The highest BCUT2D eigenvalue weighted by Crippen LogP contribution is 2.17. The van der Waals surface area contributed by atoms with Crippen molar-refractivity contribution in [2.24, 2.45) is 5.92 Å². The van der Waals surface area contributed by atoms with Crippen LogP contribution in [0.25, 0.3) is 0 Å². The molecule has 0 fully saturated rings. The van der Waals surface area contributed by atoms with Crippen LogP contribution in [-0.4, -0.2) is 10.8 Å². The fourth-order valence-corrected chi connectivity index (χ4v) is 1.71. The van der Waals surface area contributed by atoms with Crippen molar-refractivity contribution in [2.45, 2.75) is 33.1 Å². The maximum absolute atomic E-state index is 11.8. The lowest BCUT2D eigenvalue weighted by molar-refractivity contribution is 0.0958. The van der Waals surface area contributed by atoms with Crippen LogP contribution in [0.1, 0.15) is 43.5 Å². The lowest BCUT2D eigenvalue weighted by Crippen LogP contribution is -2.07. The first-order chi connectivity index (χ1) is 7.17. The summed E-state index contributed by atoms with van der Waals surface area (Å²) in [5, 5.41) is 0.380. The van der Waals surface area contributed by atoms with Crippen molar-refractivity contribution in [2.75, 3.05) is 0 Å². The molecule has 0 bridgehead atoms. The number of rotatable bonds is 5. The van der Waals surface area contributed by atoms with Crippen LogP contribution in [0, 0.1) is 5.92 Å². The molecule has 15 heavy (non-hydrogen) atoms. The van der Waals surface area contributed by atoms with Gasteiger partial charge < -0.3 is 0 Å². The minimum Gasteiger partial charge on any atom is -0.294 e. The molecule has 3 heteroatoms. The molecule has 1 heterocycles. The molecule has 0 amide bonds. The molecule has 0 aromatic carbocycles. The van der Waals surface area contributed by atoms with E-state index >= 15 is 0 Å². The highest BCUT2D eigenvalue weighted by molar-refractivity contribution is 6.29. The summed E-state index contributed by atoms with van der Waals surface area (Å²) in [6.07, 6.45) is 4.26. The van der Waals surface area contributed by atoms with Gasteiger partial charge in [-0.1, -0.05) is 38.3 Å². The second kappa shape index (κ2) is 5.86. The molecule has 2 nitrogen and oxygen atoms in total. The van der Waals surface area contributed by atoms with Gasteiger partial charge in [-0.05, 0) is 18.1 Å². The number of halogens is 1. The molecule has 0 atom stereocenters. The van der Waals surface area contributed by atoms with Gasteiger partial charge in [0.2, 0.25) is 0 Å². The van der Waals surface area contributed by atoms with Crippen molar-refractivity contribution in [3.05, 3.63) is 29.0 Å². The lowest BCUT2D eigenvalue weighted by Gasteiger charge is -2.10. The summed E-state index contributed by atoms with van der Waals surface area (Å²) in [6.45, 7) is 4.22. The molecule has 82 valence electrons. The quantitative estimate of drug-likeness (QED) is 0.564. The van der Waals surface area contributed by atoms with E-state index in [2.05, 4.69) is 18.8 Å². The van der Waals surface area contributed by atoms with Crippen LogP contribution in [-0.2, 0) is 0 Å². The van der Waals surface area contributed by atoms with Crippen molar-refractivity contribution in [3.63, 3.8) is 0 Å². The molecule has 0 spiro atoms. The third kappa shape index (κ3) is 3.63. The van der Waals surface area contributed by atoms with Gasteiger partial charge in [0, 0.05) is 18.2 Å². The molecule has 0 unspecified atom stereocenters. The van der Waals surface area contributed by atoms with Gasteiger partial charge in [-0.25, -0.2) is 4.98 Å². The van der Waals surface area contributed by atoms with Crippen molar-refractivity contribution in [3.8, 4) is 0 Å². The number of carbonyl (C=O) groups is 1. The smallest absolute Gasteiger partial charge is 0.163 e. The number of hydrogen-bond acceptors (Lipinski definition) is 2. The average molecular weight is 226 g/mol. The highest BCUT2D eigenvalue weighted by Gasteiger charge is 2.12. The Balaban J connectivity index is 2.68. The molecule has 0 aliphatic heterocycles. The molecule has 0 saturated heterocycles. The SMILES string of the molecule is CCC(CC)CC(=O)c1ccnc(Cl)c1. The predicted octanol–water partition coefficient (Wildman–Crippen LogP) is 3.74. The number of aromatic nitrogens is 1. The van der Waals surface area contributed by atoms with Crippen molar-refractivity contribution >= 4 is 17.4 Å². The van der Waals surface area contributed by atoms with E-state index in [4.69, 9.17) is 11.6 Å². The fraction of sp³-hybridized carbons (Fsp3) is 0.500. The Labute approximate surface area is 95.7 Å². The first-order valence-electron chi connectivity index (χ1n) is 5.32. The van der Waals surface area contributed by atoms with E-state index in [1.54, 1.807) is 18.3 Å². The van der Waals surface area contributed by atoms with Crippen LogP contribution in [0.3, 0.4) is 0 Å². The number of pyridine rings is 1. The second-order valence-corrected chi connectivity index (χ2v) is 4.06. The van der Waals surface area contributed by atoms with Crippen LogP contribution in [0.15, 0.2) is 18.3 Å². The van der Waals surface area contributed by atoms with E-state index in [0.717, 1.165) is 12.8 Å². The third-order valence-electron chi connectivity index (χ3n) is 2.68. The maximum Gasteiger partial charge on any atom is 0.163 e. The Hall–Kier alpha value is -0.890. The van der Waals surface area contributed by atoms with Gasteiger partial charge in [0.15, 0.2) is 5.78 Å². The van der Waals surface area contributed by atoms with E-state index < -0.39 is 0 Å².